The van der Waals surface area contributed by atoms with E-state index in [-0.39, 0.29) is 53.5 Å². The second kappa shape index (κ2) is 8.45. The number of ether oxygens (including phenoxy) is 1. The average Bonchev–Trinajstić information content (AvgIpc) is 2.76. The number of nitrogens with zero attached hydrogens (tertiary/aromatic N) is 3. The van der Waals surface area contributed by atoms with Crippen LogP contribution in [0.4, 0.5) is 19.1 Å². The third kappa shape index (κ3) is 3.83. The first-order valence-corrected chi connectivity index (χ1v) is 9.82. The van der Waals surface area contributed by atoms with Gasteiger partial charge in [-0.15, -0.1) is 0 Å². The van der Waals surface area contributed by atoms with E-state index in [1.807, 2.05) is 0 Å². The number of nitrogens with two attached hydrogens (primary N) is 1. The minimum Gasteiger partial charge on any atom is -0.495 e. The van der Waals surface area contributed by atoms with Gasteiger partial charge in [-0.3, -0.25) is 9.78 Å². The summed E-state index contributed by atoms with van der Waals surface area (Å²) in [7, 11) is 1.30. The Morgan fingerprint density at radius 3 is 2.50 bits per heavy atom. The summed E-state index contributed by atoms with van der Waals surface area (Å²) in [4.78, 5) is 24.1. The van der Waals surface area contributed by atoms with E-state index in [4.69, 9.17) is 10.5 Å². The van der Waals surface area contributed by atoms with Crippen molar-refractivity contribution in [2.75, 3.05) is 19.0 Å². The molecular weight excluding hydrogens is 423 g/mol. The summed E-state index contributed by atoms with van der Waals surface area (Å²) >= 11 is 0. The van der Waals surface area contributed by atoms with Crippen LogP contribution in [0.5, 0.6) is 5.75 Å². The van der Waals surface area contributed by atoms with Gasteiger partial charge in [-0.05, 0) is 37.1 Å². The molecule has 0 bridgehead atoms. The summed E-state index contributed by atoms with van der Waals surface area (Å²) in [6, 6.07) is 5.13. The Bertz CT molecular complexity index is 1150. The maximum absolute atomic E-state index is 14.5. The van der Waals surface area contributed by atoms with Crippen molar-refractivity contribution in [3.8, 4) is 16.9 Å². The zero-order valence-corrected chi connectivity index (χ0v) is 17.1. The van der Waals surface area contributed by atoms with E-state index >= 15 is 0 Å². The fourth-order valence-electron chi connectivity index (χ4n) is 4.02. The monoisotopic (exact) mass is 443 g/mol. The van der Waals surface area contributed by atoms with E-state index in [1.54, 1.807) is 0 Å². The van der Waals surface area contributed by atoms with Crippen LogP contribution in [0.25, 0.3) is 11.1 Å². The maximum Gasteiger partial charge on any atom is 0.252 e. The van der Waals surface area contributed by atoms with Crippen LogP contribution in [0.1, 0.15) is 28.9 Å². The summed E-state index contributed by atoms with van der Waals surface area (Å²) in [5, 5.41) is 2.99. The fourth-order valence-corrected chi connectivity index (χ4v) is 4.02. The van der Waals surface area contributed by atoms with Gasteiger partial charge < -0.3 is 15.8 Å². The number of methoxy groups -OCH3 is 1. The molecule has 166 valence electrons. The molecule has 4 rings (SSSR count). The Labute approximate surface area is 181 Å². The van der Waals surface area contributed by atoms with Gasteiger partial charge in [0.15, 0.2) is 0 Å². The van der Waals surface area contributed by atoms with Gasteiger partial charge in [0, 0.05) is 36.1 Å². The number of nitrogens with one attached hydrogen (secondary N) is 1. The van der Waals surface area contributed by atoms with Crippen LogP contribution in [-0.4, -0.2) is 40.7 Å². The highest BCUT2D eigenvalue weighted by Crippen LogP contribution is 2.45. The van der Waals surface area contributed by atoms with Gasteiger partial charge in [0.2, 0.25) is 5.95 Å². The van der Waals surface area contributed by atoms with Crippen molar-refractivity contribution in [2.24, 2.45) is 5.73 Å². The molecule has 10 heteroatoms. The molecule has 1 amide bonds. The molecule has 1 aliphatic carbocycles. The number of anilines is 1. The van der Waals surface area contributed by atoms with E-state index in [2.05, 4.69) is 20.3 Å². The van der Waals surface area contributed by atoms with Gasteiger partial charge >= 0.3 is 0 Å². The first kappa shape index (κ1) is 21.5. The molecule has 0 saturated heterocycles. The molecule has 2 aromatic heterocycles. The van der Waals surface area contributed by atoms with Crippen molar-refractivity contribution in [3.05, 3.63) is 65.7 Å². The molecule has 7 nitrogen and oxygen atoms in total. The number of alkyl halides is 1. The van der Waals surface area contributed by atoms with Crippen molar-refractivity contribution >= 4 is 11.9 Å². The van der Waals surface area contributed by atoms with Crippen molar-refractivity contribution in [3.63, 3.8) is 0 Å². The number of carbonyl (C=O) groups excluding carboxylic acids is 1. The minimum absolute atomic E-state index is 0.00152. The number of benzene rings is 1. The number of hydrogen-bond acceptors (Lipinski definition) is 6. The van der Waals surface area contributed by atoms with E-state index < -0.39 is 29.1 Å². The van der Waals surface area contributed by atoms with E-state index in [0.29, 0.717) is 0 Å². The van der Waals surface area contributed by atoms with Crippen molar-refractivity contribution in [2.45, 2.75) is 24.4 Å². The Kier molecular flexibility index (Phi) is 5.68. The summed E-state index contributed by atoms with van der Waals surface area (Å²) < 4.78 is 47.7. The first-order chi connectivity index (χ1) is 15.3. The largest absolute Gasteiger partial charge is 0.495 e. The Hall–Kier alpha value is -3.69. The molecule has 1 fully saturated rings. The highest BCUT2D eigenvalue weighted by molar-refractivity contribution is 5.98. The molecule has 1 aliphatic rings. The molecule has 0 atom stereocenters. The Balaban J connectivity index is 1.57. The third-order valence-electron chi connectivity index (χ3n) is 5.59. The number of primary amides is 1. The lowest BCUT2D eigenvalue weighted by Gasteiger charge is -2.43. The molecular formula is C22H20F3N5O2. The lowest BCUT2D eigenvalue weighted by molar-refractivity contribution is 0.0963. The number of amides is 1. The zero-order chi connectivity index (χ0) is 22.9. The summed E-state index contributed by atoms with van der Waals surface area (Å²) in [5.74, 6) is -1.72. The predicted molar refractivity (Wildman–Crippen MR) is 111 cm³/mol. The average molecular weight is 443 g/mol. The van der Waals surface area contributed by atoms with Gasteiger partial charge in [0.05, 0.1) is 23.9 Å². The molecule has 1 aromatic carbocycles. The zero-order valence-electron chi connectivity index (χ0n) is 17.1. The summed E-state index contributed by atoms with van der Waals surface area (Å²) in [6.45, 7) is 0.176. The number of hydrogen-bond donors (Lipinski definition) is 2. The topological polar surface area (TPSA) is 103 Å². The Morgan fingerprint density at radius 2 is 1.91 bits per heavy atom. The SMILES string of the molecule is COc1c(C(N)=O)ccc(F)c1-c1cnc(NCC2(c3ncccc3F)CC(F)C2)nc1. The van der Waals surface area contributed by atoms with E-state index in [9.17, 15) is 18.0 Å². The van der Waals surface area contributed by atoms with Crippen molar-refractivity contribution in [1.82, 2.24) is 15.0 Å². The molecule has 0 radical (unpaired) electrons. The lowest BCUT2D eigenvalue weighted by Crippen LogP contribution is -2.49. The van der Waals surface area contributed by atoms with Gasteiger partial charge in [0.25, 0.3) is 5.91 Å². The van der Waals surface area contributed by atoms with Crippen LogP contribution in [0.3, 0.4) is 0 Å². The first-order valence-electron chi connectivity index (χ1n) is 9.82. The second-order valence-corrected chi connectivity index (χ2v) is 7.64. The summed E-state index contributed by atoms with van der Waals surface area (Å²) in [6.07, 6.45) is 3.41. The Morgan fingerprint density at radius 1 is 1.19 bits per heavy atom. The molecule has 32 heavy (non-hydrogen) atoms. The van der Waals surface area contributed by atoms with Gasteiger partial charge in [0.1, 0.15) is 23.6 Å². The predicted octanol–water partition coefficient (Wildman–Crippen LogP) is 3.41. The maximum atomic E-state index is 14.5. The smallest absolute Gasteiger partial charge is 0.252 e. The van der Waals surface area contributed by atoms with Crippen molar-refractivity contribution < 1.29 is 22.7 Å². The molecule has 0 unspecified atom stereocenters. The molecule has 3 aromatic rings. The van der Waals surface area contributed by atoms with Gasteiger partial charge in [-0.25, -0.2) is 23.1 Å². The minimum atomic E-state index is -1.03. The lowest BCUT2D eigenvalue weighted by atomic mass is 9.65. The number of rotatable bonds is 7. The second-order valence-electron chi connectivity index (χ2n) is 7.64. The molecule has 2 heterocycles. The van der Waals surface area contributed by atoms with Crippen LogP contribution in [-0.2, 0) is 5.41 Å². The van der Waals surface area contributed by atoms with Crippen LogP contribution in [0.2, 0.25) is 0 Å². The summed E-state index contributed by atoms with van der Waals surface area (Å²) in [5.41, 5.74) is 5.03. The van der Waals surface area contributed by atoms with Gasteiger partial charge in [-0.1, -0.05) is 0 Å². The van der Waals surface area contributed by atoms with Crippen LogP contribution in [0, 0.1) is 11.6 Å². The van der Waals surface area contributed by atoms with Crippen LogP contribution in [0.15, 0.2) is 42.9 Å². The normalized spacial score (nSPS) is 19.8. The number of halogens is 3. The molecule has 0 aliphatic heterocycles. The highest BCUT2D eigenvalue weighted by atomic mass is 19.1. The standard InChI is InChI=1S/C22H20F3N5O2/c1-32-18-14(20(26)31)4-5-15(24)17(18)12-9-28-21(29-10-12)30-11-22(7-13(23)8-22)19-16(25)3-2-6-27-19/h2-6,9-10,13H,7-8,11H2,1H3,(H2,26,31)(H,28,29,30). The van der Waals surface area contributed by atoms with E-state index in [0.717, 1.165) is 6.07 Å². The van der Waals surface area contributed by atoms with Crippen LogP contribution < -0.4 is 15.8 Å². The molecule has 3 N–H and O–H groups in total. The van der Waals surface area contributed by atoms with Gasteiger partial charge in [-0.2, -0.15) is 0 Å². The highest BCUT2D eigenvalue weighted by Gasteiger charge is 2.48. The quantitative estimate of drug-likeness (QED) is 0.580. The van der Waals surface area contributed by atoms with Crippen molar-refractivity contribution in [1.29, 1.82) is 0 Å². The molecule has 1 saturated carbocycles. The fraction of sp³-hybridized carbons (Fsp3) is 0.273. The molecule has 0 spiro atoms. The third-order valence-corrected chi connectivity index (χ3v) is 5.59. The number of pyridine rings is 1. The van der Waals surface area contributed by atoms with E-state index in [1.165, 1.54) is 43.9 Å². The number of carbonyl (C=O) groups is 1. The van der Waals surface area contributed by atoms with Crippen LogP contribution >= 0.6 is 0 Å². The number of aromatic nitrogens is 3.